The zero-order valence-electron chi connectivity index (χ0n) is 16.2. The molecule has 0 aliphatic carbocycles. The summed E-state index contributed by atoms with van der Waals surface area (Å²) in [7, 11) is 1.85. The Hall–Kier alpha value is -3.40. The molecule has 0 atom stereocenters. The summed E-state index contributed by atoms with van der Waals surface area (Å²) in [5.41, 5.74) is 14.9. The van der Waals surface area contributed by atoms with Crippen molar-refractivity contribution in [3.63, 3.8) is 0 Å². The first-order valence-corrected chi connectivity index (χ1v) is 9.25. The smallest absolute Gasteiger partial charge is 0.257 e. The van der Waals surface area contributed by atoms with E-state index in [0.717, 1.165) is 11.3 Å². The number of likely N-dealkylation sites (tertiary alicyclic amines) is 1. The molecule has 2 heterocycles. The highest BCUT2D eigenvalue weighted by Gasteiger charge is 2.28. The molecular weight excluding hydrogens is 354 g/mol. The summed E-state index contributed by atoms with van der Waals surface area (Å²) in [6.45, 7) is 3.02. The van der Waals surface area contributed by atoms with Gasteiger partial charge in [-0.1, -0.05) is 12.1 Å². The number of hydrogen-bond acceptors (Lipinski definition) is 5. The molecule has 0 spiro atoms. The highest BCUT2D eigenvalue weighted by molar-refractivity contribution is 6.01. The standard InChI is InChI=1S/C21H25N5O2/c1-14(11-22)20-19(24)17(13-25(20)2)21(27)26-9-7-16(8-10-26)28-18-6-4-3-5-15(18)12-23/h3-6,11,13,16H,7-10,22,24H2,1-2H3/b14-11-. The van der Waals surface area contributed by atoms with Gasteiger partial charge in [0, 0.05) is 39.2 Å². The highest BCUT2D eigenvalue weighted by Crippen LogP contribution is 2.28. The van der Waals surface area contributed by atoms with E-state index in [9.17, 15) is 10.1 Å². The lowest BCUT2D eigenvalue weighted by atomic mass is 10.1. The molecule has 0 bridgehead atoms. The Morgan fingerprint density at radius 3 is 2.64 bits per heavy atom. The zero-order valence-corrected chi connectivity index (χ0v) is 16.2. The Morgan fingerprint density at radius 2 is 2.00 bits per heavy atom. The van der Waals surface area contributed by atoms with Crippen LogP contribution in [0.5, 0.6) is 5.75 Å². The number of benzene rings is 1. The SMILES string of the molecule is C/C(=C/N)c1c(N)c(C(=O)N2CCC(Oc3ccccc3C#N)CC2)cn1C. The number of aromatic nitrogens is 1. The minimum atomic E-state index is -0.0833. The summed E-state index contributed by atoms with van der Waals surface area (Å²) in [6, 6.07) is 9.34. The van der Waals surface area contributed by atoms with Gasteiger partial charge in [0.2, 0.25) is 0 Å². The van der Waals surface area contributed by atoms with Crippen LogP contribution in [0.2, 0.25) is 0 Å². The summed E-state index contributed by atoms with van der Waals surface area (Å²) >= 11 is 0. The lowest BCUT2D eigenvalue weighted by Crippen LogP contribution is -2.42. The number of allylic oxidation sites excluding steroid dienone is 1. The number of nitriles is 1. The van der Waals surface area contributed by atoms with E-state index in [1.807, 2.05) is 30.7 Å². The van der Waals surface area contributed by atoms with E-state index in [1.54, 1.807) is 23.2 Å². The van der Waals surface area contributed by atoms with Crippen molar-refractivity contribution >= 4 is 17.2 Å². The van der Waals surface area contributed by atoms with Gasteiger partial charge in [0.15, 0.2) is 0 Å². The Kier molecular flexibility index (Phi) is 5.59. The third kappa shape index (κ3) is 3.67. The van der Waals surface area contributed by atoms with Crippen LogP contribution in [0.15, 0.2) is 36.7 Å². The number of carbonyl (C=O) groups excluding carboxylic acids is 1. The molecule has 146 valence electrons. The summed E-state index contributed by atoms with van der Waals surface area (Å²) in [4.78, 5) is 14.8. The number of nitrogens with two attached hydrogens (primary N) is 2. The monoisotopic (exact) mass is 379 g/mol. The van der Waals surface area contributed by atoms with Crippen molar-refractivity contribution in [2.45, 2.75) is 25.9 Å². The molecule has 1 aliphatic rings. The second kappa shape index (κ2) is 8.09. The van der Waals surface area contributed by atoms with Crippen LogP contribution in [0.1, 0.15) is 41.4 Å². The van der Waals surface area contributed by atoms with Crippen LogP contribution < -0.4 is 16.2 Å². The molecule has 1 fully saturated rings. The lowest BCUT2D eigenvalue weighted by Gasteiger charge is -2.32. The van der Waals surface area contributed by atoms with E-state index in [0.29, 0.717) is 48.5 Å². The summed E-state index contributed by atoms with van der Waals surface area (Å²) in [5.74, 6) is 0.510. The lowest BCUT2D eigenvalue weighted by molar-refractivity contribution is 0.0596. The van der Waals surface area contributed by atoms with Crippen molar-refractivity contribution in [1.29, 1.82) is 5.26 Å². The molecule has 1 amide bonds. The number of nitrogen functional groups attached to an aromatic ring is 1. The van der Waals surface area contributed by atoms with Crippen LogP contribution in [0.3, 0.4) is 0 Å². The van der Waals surface area contributed by atoms with Crippen LogP contribution in [-0.2, 0) is 7.05 Å². The number of anilines is 1. The predicted octanol–water partition coefficient (Wildman–Crippen LogP) is 2.48. The van der Waals surface area contributed by atoms with Crippen molar-refractivity contribution < 1.29 is 9.53 Å². The van der Waals surface area contributed by atoms with Crippen LogP contribution in [-0.4, -0.2) is 34.6 Å². The van der Waals surface area contributed by atoms with Gasteiger partial charge in [-0.3, -0.25) is 4.79 Å². The minimum absolute atomic E-state index is 0.0235. The van der Waals surface area contributed by atoms with E-state index < -0.39 is 0 Å². The number of carbonyl (C=O) groups is 1. The van der Waals surface area contributed by atoms with Crippen molar-refractivity contribution in [3.8, 4) is 11.8 Å². The number of hydrogen-bond donors (Lipinski definition) is 2. The maximum absolute atomic E-state index is 13.0. The van der Waals surface area contributed by atoms with E-state index in [1.165, 1.54) is 6.20 Å². The van der Waals surface area contributed by atoms with E-state index >= 15 is 0 Å². The fourth-order valence-electron chi connectivity index (χ4n) is 3.57. The predicted molar refractivity (Wildman–Crippen MR) is 108 cm³/mol. The Bertz CT molecular complexity index is 946. The van der Waals surface area contributed by atoms with Crippen molar-refractivity contribution in [3.05, 3.63) is 53.5 Å². The Balaban J connectivity index is 1.67. The van der Waals surface area contributed by atoms with Crippen LogP contribution in [0, 0.1) is 11.3 Å². The molecule has 28 heavy (non-hydrogen) atoms. The molecule has 1 saturated heterocycles. The highest BCUT2D eigenvalue weighted by atomic mass is 16.5. The van der Waals surface area contributed by atoms with Crippen LogP contribution in [0.4, 0.5) is 5.69 Å². The third-order valence-corrected chi connectivity index (χ3v) is 5.11. The molecule has 3 rings (SSSR count). The molecule has 4 N–H and O–H groups in total. The Labute approximate surface area is 164 Å². The maximum Gasteiger partial charge on any atom is 0.257 e. The van der Waals surface area contributed by atoms with Crippen molar-refractivity contribution in [2.75, 3.05) is 18.8 Å². The van der Waals surface area contributed by atoms with Gasteiger partial charge in [-0.15, -0.1) is 0 Å². The van der Waals surface area contributed by atoms with E-state index in [4.69, 9.17) is 16.2 Å². The average molecular weight is 379 g/mol. The van der Waals surface area contributed by atoms with Gasteiger partial charge in [0.1, 0.15) is 17.9 Å². The summed E-state index contributed by atoms with van der Waals surface area (Å²) in [5, 5.41) is 9.19. The molecule has 7 heteroatoms. The molecule has 1 aliphatic heterocycles. The molecule has 0 unspecified atom stereocenters. The first kappa shape index (κ1) is 19.4. The second-order valence-corrected chi connectivity index (χ2v) is 6.98. The maximum atomic E-state index is 13.0. The van der Waals surface area contributed by atoms with Crippen LogP contribution in [0.25, 0.3) is 5.57 Å². The number of piperidine rings is 1. The molecule has 7 nitrogen and oxygen atoms in total. The van der Waals surface area contributed by atoms with Gasteiger partial charge in [-0.05, 0) is 30.8 Å². The molecule has 0 saturated carbocycles. The number of para-hydroxylation sites is 1. The summed E-state index contributed by atoms with van der Waals surface area (Å²) in [6.07, 6.45) is 4.62. The second-order valence-electron chi connectivity index (χ2n) is 6.98. The fraction of sp³-hybridized carbons (Fsp3) is 0.333. The first-order chi connectivity index (χ1) is 13.5. The normalized spacial score (nSPS) is 15.3. The van der Waals surface area contributed by atoms with Gasteiger partial charge in [-0.2, -0.15) is 5.26 Å². The largest absolute Gasteiger partial charge is 0.489 e. The van der Waals surface area contributed by atoms with E-state index in [-0.39, 0.29) is 12.0 Å². The molecule has 1 aromatic heterocycles. The molecule has 0 radical (unpaired) electrons. The third-order valence-electron chi connectivity index (χ3n) is 5.11. The fourth-order valence-corrected chi connectivity index (χ4v) is 3.57. The molecular formula is C21H25N5O2. The number of aryl methyl sites for hydroxylation is 1. The van der Waals surface area contributed by atoms with E-state index in [2.05, 4.69) is 6.07 Å². The van der Waals surface area contributed by atoms with Crippen molar-refractivity contribution in [2.24, 2.45) is 12.8 Å². The first-order valence-electron chi connectivity index (χ1n) is 9.25. The number of amides is 1. The number of ether oxygens (including phenoxy) is 1. The average Bonchev–Trinajstić information content (AvgIpc) is 3.02. The molecule has 1 aromatic carbocycles. The zero-order chi connectivity index (χ0) is 20.3. The summed E-state index contributed by atoms with van der Waals surface area (Å²) < 4.78 is 7.82. The Morgan fingerprint density at radius 1 is 1.32 bits per heavy atom. The number of nitrogens with zero attached hydrogens (tertiary/aromatic N) is 3. The van der Waals surface area contributed by atoms with Crippen molar-refractivity contribution in [1.82, 2.24) is 9.47 Å². The van der Waals surface area contributed by atoms with Crippen LogP contribution >= 0.6 is 0 Å². The van der Waals surface area contributed by atoms with Gasteiger partial charge in [-0.25, -0.2) is 0 Å². The quantitative estimate of drug-likeness (QED) is 0.848. The van der Waals surface area contributed by atoms with Gasteiger partial charge in [0.05, 0.1) is 22.5 Å². The van der Waals surface area contributed by atoms with Gasteiger partial charge < -0.3 is 25.7 Å². The molecule has 2 aromatic rings. The topological polar surface area (TPSA) is 110 Å². The minimum Gasteiger partial charge on any atom is -0.489 e. The van der Waals surface area contributed by atoms with Gasteiger partial charge in [0.25, 0.3) is 5.91 Å². The van der Waals surface area contributed by atoms with Gasteiger partial charge >= 0.3 is 0 Å². The number of rotatable bonds is 4.